The largest absolute Gasteiger partial charge is 0.391 e. The van der Waals surface area contributed by atoms with E-state index in [-0.39, 0.29) is 0 Å². The van der Waals surface area contributed by atoms with Crippen molar-refractivity contribution in [2.24, 2.45) is 11.1 Å². The van der Waals surface area contributed by atoms with Gasteiger partial charge in [0.05, 0.1) is 5.56 Å². The maximum atomic E-state index is 13.2. The molecule has 0 spiro atoms. The average molecular weight is 281 g/mol. The SMILES string of the molecule is CC(C)C/C=N/OCc1c(F)c(F)c(F)c(F)c1F. The first kappa shape index (κ1) is 15.4. The molecule has 0 aliphatic carbocycles. The Morgan fingerprint density at radius 3 is 1.89 bits per heavy atom. The summed E-state index contributed by atoms with van der Waals surface area (Å²) in [6.45, 7) is 2.99. The Hall–Kier alpha value is -1.66. The molecule has 0 unspecified atom stereocenters. The summed E-state index contributed by atoms with van der Waals surface area (Å²) >= 11 is 0. The summed E-state index contributed by atoms with van der Waals surface area (Å²) in [4.78, 5) is 4.52. The van der Waals surface area contributed by atoms with Crippen LogP contribution in [0.4, 0.5) is 22.0 Å². The van der Waals surface area contributed by atoms with Gasteiger partial charge in [-0.3, -0.25) is 0 Å². The van der Waals surface area contributed by atoms with Crippen molar-refractivity contribution in [1.29, 1.82) is 0 Å². The lowest BCUT2D eigenvalue weighted by Gasteiger charge is -2.06. The van der Waals surface area contributed by atoms with Gasteiger partial charge in [-0.25, -0.2) is 22.0 Å². The van der Waals surface area contributed by atoms with E-state index in [9.17, 15) is 22.0 Å². The van der Waals surface area contributed by atoms with Crippen LogP contribution in [0.2, 0.25) is 0 Å². The first-order chi connectivity index (χ1) is 8.86. The molecule has 0 radical (unpaired) electrons. The van der Waals surface area contributed by atoms with E-state index in [1.165, 1.54) is 6.21 Å². The number of hydrogen-bond acceptors (Lipinski definition) is 2. The van der Waals surface area contributed by atoms with Gasteiger partial charge in [0.1, 0.15) is 6.61 Å². The molecule has 1 aromatic rings. The Labute approximate surface area is 106 Å². The molecule has 0 N–H and O–H groups in total. The summed E-state index contributed by atoms with van der Waals surface area (Å²) in [6, 6.07) is 0. The molecule has 1 aromatic carbocycles. The zero-order valence-corrected chi connectivity index (χ0v) is 10.3. The number of hydrogen-bond donors (Lipinski definition) is 0. The van der Waals surface area contributed by atoms with Crippen molar-refractivity contribution in [1.82, 2.24) is 0 Å². The maximum absolute atomic E-state index is 13.2. The van der Waals surface area contributed by atoms with Crippen LogP contribution in [0, 0.1) is 35.0 Å². The lowest BCUT2D eigenvalue weighted by molar-refractivity contribution is 0.123. The van der Waals surface area contributed by atoms with Crippen LogP contribution >= 0.6 is 0 Å². The fraction of sp³-hybridized carbons (Fsp3) is 0.417. The normalized spacial score (nSPS) is 11.6. The maximum Gasteiger partial charge on any atom is 0.200 e. The van der Waals surface area contributed by atoms with Crippen molar-refractivity contribution in [3.05, 3.63) is 34.6 Å². The summed E-state index contributed by atoms with van der Waals surface area (Å²) in [6.07, 6.45) is 1.92. The second-order valence-corrected chi connectivity index (χ2v) is 4.24. The first-order valence-electron chi connectivity index (χ1n) is 5.50. The highest BCUT2D eigenvalue weighted by molar-refractivity contribution is 5.56. The van der Waals surface area contributed by atoms with Crippen LogP contribution in [0.1, 0.15) is 25.8 Å². The number of benzene rings is 1. The van der Waals surface area contributed by atoms with Crippen molar-refractivity contribution in [3.8, 4) is 0 Å². The van der Waals surface area contributed by atoms with E-state index in [1.807, 2.05) is 13.8 Å². The van der Waals surface area contributed by atoms with Crippen LogP contribution in [0.15, 0.2) is 5.16 Å². The Bertz CT molecular complexity index is 458. The summed E-state index contributed by atoms with van der Waals surface area (Å²) in [5.74, 6) is -9.69. The van der Waals surface area contributed by atoms with E-state index in [2.05, 4.69) is 9.99 Å². The van der Waals surface area contributed by atoms with Gasteiger partial charge in [-0.05, 0) is 12.3 Å². The molecule has 1 rings (SSSR count). The first-order valence-corrected chi connectivity index (χ1v) is 5.50. The average Bonchev–Trinajstić information content (AvgIpc) is 2.37. The number of rotatable bonds is 5. The number of oxime groups is 1. The Morgan fingerprint density at radius 2 is 1.42 bits per heavy atom. The van der Waals surface area contributed by atoms with Gasteiger partial charge in [0, 0.05) is 6.21 Å². The van der Waals surface area contributed by atoms with Gasteiger partial charge in [-0.15, -0.1) is 0 Å². The molecule has 0 amide bonds. The van der Waals surface area contributed by atoms with E-state index >= 15 is 0 Å². The molecule has 0 saturated heterocycles. The van der Waals surface area contributed by atoms with Crippen molar-refractivity contribution in [3.63, 3.8) is 0 Å². The molecule has 0 aliphatic heterocycles. The van der Waals surface area contributed by atoms with E-state index in [0.29, 0.717) is 12.3 Å². The summed E-state index contributed by atoms with van der Waals surface area (Å²) in [5, 5.41) is 3.37. The van der Waals surface area contributed by atoms with Gasteiger partial charge in [0.25, 0.3) is 0 Å². The van der Waals surface area contributed by atoms with Crippen molar-refractivity contribution in [2.45, 2.75) is 26.9 Å². The molecule has 0 bridgehead atoms. The Kier molecular flexibility index (Phi) is 5.26. The van der Waals surface area contributed by atoms with E-state index in [0.717, 1.165) is 0 Å². The summed E-state index contributed by atoms with van der Waals surface area (Å²) in [7, 11) is 0. The second kappa shape index (κ2) is 6.49. The van der Waals surface area contributed by atoms with Gasteiger partial charge in [0.15, 0.2) is 23.3 Å². The Balaban J connectivity index is 2.82. The third-order valence-corrected chi connectivity index (χ3v) is 2.24. The zero-order valence-electron chi connectivity index (χ0n) is 10.3. The van der Waals surface area contributed by atoms with Gasteiger partial charge < -0.3 is 4.84 Å². The minimum atomic E-state index is -2.19. The topological polar surface area (TPSA) is 21.6 Å². The predicted octanol–water partition coefficient (Wildman–Crippen LogP) is 3.93. The Morgan fingerprint density at radius 1 is 0.947 bits per heavy atom. The second-order valence-electron chi connectivity index (χ2n) is 4.24. The van der Waals surface area contributed by atoms with E-state index in [4.69, 9.17) is 0 Å². The highest BCUT2D eigenvalue weighted by atomic mass is 19.2. The van der Waals surface area contributed by atoms with Crippen LogP contribution in [0.25, 0.3) is 0 Å². The third-order valence-electron chi connectivity index (χ3n) is 2.24. The predicted molar refractivity (Wildman–Crippen MR) is 59.0 cm³/mol. The molecule has 0 fully saturated rings. The highest BCUT2D eigenvalue weighted by Crippen LogP contribution is 2.23. The molecular weight excluding hydrogens is 269 g/mol. The lowest BCUT2D eigenvalue weighted by Crippen LogP contribution is -2.07. The van der Waals surface area contributed by atoms with Crippen LogP contribution < -0.4 is 0 Å². The molecule has 2 nitrogen and oxygen atoms in total. The molecule has 0 aliphatic rings. The highest BCUT2D eigenvalue weighted by Gasteiger charge is 2.25. The molecule has 0 saturated carbocycles. The quantitative estimate of drug-likeness (QED) is 0.263. The minimum absolute atomic E-state index is 0.307. The molecule has 19 heavy (non-hydrogen) atoms. The van der Waals surface area contributed by atoms with Crippen LogP contribution in [-0.2, 0) is 11.4 Å². The summed E-state index contributed by atoms with van der Waals surface area (Å²) < 4.78 is 64.8. The number of nitrogens with zero attached hydrogens (tertiary/aromatic N) is 1. The van der Waals surface area contributed by atoms with Gasteiger partial charge in [-0.2, -0.15) is 0 Å². The van der Waals surface area contributed by atoms with Gasteiger partial charge >= 0.3 is 0 Å². The van der Waals surface area contributed by atoms with E-state index < -0.39 is 41.3 Å². The molecule has 0 aromatic heterocycles. The molecule has 0 atom stereocenters. The standard InChI is InChI=1S/C12H12F5NO/c1-6(2)3-4-18-19-5-7-8(13)10(15)12(17)11(16)9(7)14/h4,6H,3,5H2,1-2H3/b18-4+. The fourth-order valence-electron chi connectivity index (χ4n) is 1.19. The fourth-order valence-corrected chi connectivity index (χ4v) is 1.19. The smallest absolute Gasteiger partial charge is 0.200 e. The molecule has 106 valence electrons. The van der Waals surface area contributed by atoms with Crippen molar-refractivity contribution >= 4 is 6.21 Å². The van der Waals surface area contributed by atoms with Crippen molar-refractivity contribution in [2.75, 3.05) is 0 Å². The zero-order chi connectivity index (χ0) is 14.6. The monoisotopic (exact) mass is 281 g/mol. The molecule has 7 heteroatoms. The third kappa shape index (κ3) is 3.65. The van der Waals surface area contributed by atoms with Gasteiger partial charge in [0.2, 0.25) is 5.82 Å². The number of halogens is 5. The summed E-state index contributed by atoms with van der Waals surface area (Å²) in [5.41, 5.74) is -1.04. The van der Waals surface area contributed by atoms with Crippen molar-refractivity contribution < 1.29 is 26.8 Å². The van der Waals surface area contributed by atoms with Crippen LogP contribution in [0.3, 0.4) is 0 Å². The van der Waals surface area contributed by atoms with E-state index in [1.54, 1.807) is 0 Å². The van der Waals surface area contributed by atoms with Crippen LogP contribution in [-0.4, -0.2) is 6.21 Å². The van der Waals surface area contributed by atoms with Gasteiger partial charge in [-0.1, -0.05) is 19.0 Å². The molecular formula is C12H12F5NO. The lowest BCUT2D eigenvalue weighted by atomic mass is 10.2. The van der Waals surface area contributed by atoms with Crippen LogP contribution in [0.5, 0.6) is 0 Å². The molecule has 0 heterocycles. The minimum Gasteiger partial charge on any atom is -0.391 e.